The molecule has 5 bridgehead atoms. The van der Waals surface area contributed by atoms with E-state index in [1.165, 1.54) is 85.1 Å². The number of ether oxygens (including phenoxy) is 4. The molecule has 63 heavy (non-hydrogen) atoms. The van der Waals surface area contributed by atoms with Crippen molar-refractivity contribution in [3.05, 3.63) is 52.8 Å². The van der Waals surface area contributed by atoms with Crippen molar-refractivity contribution in [2.45, 2.75) is 117 Å². The number of amides is 1. The number of ketones is 1. The number of phenols is 3. The number of esters is 1. The van der Waals surface area contributed by atoms with Crippen molar-refractivity contribution in [1.29, 1.82) is 0 Å². The molecule has 4 heterocycles. The van der Waals surface area contributed by atoms with Gasteiger partial charge in [0.1, 0.15) is 23.4 Å². The molecule has 1 aliphatic carbocycles. The zero-order valence-corrected chi connectivity index (χ0v) is 37.8. The van der Waals surface area contributed by atoms with Crippen LogP contribution in [0.25, 0.3) is 10.8 Å². The molecule has 344 valence electrons. The number of aliphatic hydroxyl groups excluding tert-OH is 2. The molecule has 0 aromatic heterocycles. The van der Waals surface area contributed by atoms with Gasteiger partial charge in [0.15, 0.2) is 5.75 Å². The van der Waals surface area contributed by atoms with Crippen LogP contribution in [0.4, 0.5) is 5.69 Å². The van der Waals surface area contributed by atoms with Crippen LogP contribution in [-0.4, -0.2) is 129 Å². The number of carbonyl (C=O) groups excluding carboxylic acids is 3. The summed E-state index contributed by atoms with van der Waals surface area (Å²) in [6, 6.07) is 0.553. The van der Waals surface area contributed by atoms with Crippen molar-refractivity contribution in [3.8, 4) is 23.0 Å². The smallest absolute Gasteiger partial charge is 0.312 e. The Balaban J connectivity index is 1.47. The molecule has 4 aliphatic heterocycles. The second-order valence-electron chi connectivity index (χ2n) is 17.8. The van der Waals surface area contributed by atoms with E-state index in [4.69, 9.17) is 18.9 Å². The van der Waals surface area contributed by atoms with Crippen LogP contribution in [0.2, 0.25) is 0 Å². The maximum Gasteiger partial charge on any atom is 0.312 e. The first kappa shape index (κ1) is 47.3. The summed E-state index contributed by atoms with van der Waals surface area (Å²) in [5.41, 5.74) is -0.293. The number of methoxy groups -OCH3 is 1. The minimum absolute atomic E-state index is 0.0631. The van der Waals surface area contributed by atoms with E-state index in [-0.39, 0.29) is 44.5 Å². The Labute approximate surface area is 368 Å². The lowest BCUT2D eigenvalue weighted by Crippen LogP contribution is -2.47. The summed E-state index contributed by atoms with van der Waals surface area (Å²) >= 11 is 0. The normalized spacial score (nSPS) is 32.4. The van der Waals surface area contributed by atoms with E-state index in [0.29, 0.717) is 19.1 Å². The maximum atomic E-state index is 14.5. The number of nitrogens with zero attached hydrogens (tertiary/aromatic N) is 3. The number of phenolic OH excluding ortho intramolecular Hbond substituents is 3. The fraction of sp³-hybridized carbons (Fsp3) is 0.574. The number of hydrogen-bond acceptors (Lipinski definition) is 15. The van der Waals surface area contributed by atoms with Crippen molar-refractivity contribution in [3.63, 3.8) is 0 Å². The minimum Gasteiger partial charge on any atom is -0.507 e. The van der Waals surface area contributed by atoms with Crippen LogP contribution in [0.5, 0.6) is 23.0 Å². The summed E-state index contributed by atoms with van der Waals surface area (Å²) < 4.78 is 23.7. The monoisotopic (exact) mass is 876 g/mol. The van der Waals surface area contributed by atoms with Crippen molar-refractivity contribution in [1.82, 2.24) is 9.91 Å². The third-order valence-electron chi connectivity index (χ3n) is 13.5. The molecule has 16 heteroatoms. The van der Waals surface area contributed by atoms with Gasteiger partial charge in [-0.25, -0.2) is 0 Å². The highest BCUT2D eigenvalue weighted by atomic mass is 16.7. The van der Waals surface area contributed by atoms with E-state index in [1.807, 2.05) is 5.01 Å². The first-order chi connectivity index (χ1) is 29.8. The first-order valence-corrected chi connectivity index (χ1v) is 21.9. The van der Waals surface area contributed by atoms with Crippen LogP contribution in [0.15, 0.2) is 41.2 Å². The molecule has 1 saturated heterocycles. The van der Waals surface area contributed by atoms with Gasteiger partial charge in [-0.1, -0.05) is 58.8 Å². The molecule has 9 atom stereocenters. The number of anilines is 1. The quantitative estimate of drug-likeness (QED) is 0.0926. The zero-order valence-electron chi connectivity index (χ0n) is 37.8. The van der Waals surface area contributed by atoms with Crippen molar-refractivity contribution >= 4 is 40.3 Å². The summed E-state index contributed by atoms with van der Waals surface area (Å²) in [5.74, 6) is -8.28. The number of carbonyl (C=O) groups is 3. The highest BCUT2D eigenvalue weighted by molar-refractivity contribution is 6.23. The first-order valence-electron chi connectivity index (χ1n) is 21.9. The second kappa shape index (κ2) is 19.3. The number of Topliss-reactive ketones (excluding diaryl/α,β-unsaturated/α-hetero) is 1. The lowest BCUT2D eigenvalue weighted by Gasteiger charge is -2.38. The molecule has 0 unspecified atom stereocenters. The van der Waals surface area contributed by atoms with Gasteiger partial charge in [-0.15, -0.1) is 0 Å². The predicted octanol–water partition coefficient (Wildman–Crippen LogP) is 5.65. The van der Waals surface area contributed by atoms with Gasteiger partial charge in [0.05, 0.1) is 53.0 Å². The summed E-state index contributed by atoms with van der Waals surface area (Å²) in [6.07, 6.45) is 9.75. The van der Waals surface area contributed by atoms with Gasteiger partial charge in [-0.05, 0) is 32.8 Å². The van der Waals surface area contributed by atoms with E-state index >= 15 is 0 Å². The predicted molar refractivity (Wildman–Crippen MR) is 237 cm³/mol. The molecule has 6 N–H and O–H groups in total. The van der Waals surface area contributed by atoms with Gasteiger partial charge in [0, 0.05) is 93.4 Å². The van der Waals surface area contributed by atoms with Crippen molar-refractivity contribution in [2.24, 2.45) is 28.8 Å². The number of piperazine rings is 1. The fourth-order valence-corrected chi connectivity index (χ4v) is 9.47. The summed E-state index contributed by atoms with van der Waals surface area (Å²) in [7, 11) is 1.44. The largest absolute Gasteiger partial charge is 0.507 e. The molecule has 2 fully saturated rings. The third-order valence-corrected chi connectivity index (χ3v) is 13.5. The van der Waals surface area contributed by atoms with Gasteiger partial charge >= 0.3 is 11.8 Å². The average molecular weight is 877 g/mol. The average Bonchev–Trinajstić information content (AvgIpc) is 3.89. The Bertz CT molecular complexity index is 2190. The highest BCUT2D eigenvalue weighted by Gasteiger charge is 2.50. The van der Waals surface area contributed by atoms with E-state index in [1.54, 1.807) is 39.8 Å². The van der Waals surface area contributed by atoms with Crippen LogP contribution >= 0.6 is 0 Å². The van der Waals surface area contributed by atoms with Crippen LogP contribution in [0.1, 0.15) is 95.6 Å². The molecule has 0 radical (unpaired) electrons. The van der Waals surface area contributed by atoms with Gasteiger partial charge in [-0.2, -0.15) is 5.10 Å². The van der Waals surface area contributed by atoms with E-state index in [9.17, 15) is 39.9 Å². The number of nitrogens with one attached hydrogen (secondary N) is 1. The summed E-state index contributed by atoms with van der Waals surface area (Å²) in [6.45, 7) is 15.4. The molecule has 0 spiro atoms. The van der Waals surface area contributed by atoms with Crippen molar-refractivity contribution < 1.29 is 58.9 Å². The number of hydrogen-bond donors (Lipinski definition) is 6. The number of hydrazone groups is 1. The molecule has 16 nitrogen and oxygen atoms in total. The lowest BCUT2D eigenvalue weighted by molar-refractivity contribution is -0.160. The van der Waals surface area contributed by atoms with Gasteiger partial charge in [-0.3, -0.25) is 24.3 Å². The molecule has 1 saturated carbocycles. The van der Waals surface area contributed by atoms with E-state index < -0.39 is 88.8 Å². The Morgan fingerprint density at radius 3 is 2.22 bits per heavy atom. The van der Waals surface area contributed by atoms with Gasteiger partial charge in [0.2, 0.25) is 0 Å². The summed E-state index contributed by atoms with van der Waals surface area (Å²) in [4.78, 5) is 43.2. The highest BCUT2D eigenvalue weighted by Crippen LogP contribution is 2.55. The standard InChI is InChI=1S/C47H64N4O12/c1-24-13-12-14-25(2)46(59)49-37-32(23-48-51-20-18-50(19-21-51)31-15-10-11-16-31)41(56)34-35(42(37)57)40(55)29(6)44-36(34)45(58)47(8,63-44)61-22-17-33(60-9)26(3)43(62-30(7)52)28(5)39(54)27(4)38(24)53/h12-14,17,22-24,26-28,31,33,38-39,43,53-57H,10-11,15-16,18-21H2,1-9H3,(H,49,59)/b13-12+,22-17+,25-14-,48-23+/t24-,26-,27+,28-,33+,38+,39-,43-,47-/m1/s1. The Morgan fingerprint density at radius 1 is 0.921 bits per heavy atom. The fourth-order valence-electron chi connectivity index (χ4n) is 9.47. The Morgan fingerprint density at radius 2 is 1.59 bits per heavy atom. The van der Waals surface area contributed by atoms with E-state index in [2.05, 4.69) is 15.3 Å². The zero-order chi connectivity index (χ0) is 46.1. The summed E-state index contributed by atoms with van der Waals surface area (Å²) in [5, 5.41) is 67.6. The number of allylic oxidation sites excluding steroid dienone is 2. The van der Waals surface area contributed by atoms with Crippen LogP contribution in [0, 0.1) is 30.6 Å². The molecule has 2 aromatic rings. The van der Waals surface area contributed by atoms with Crippen LogP contribution in [-0.2, 0) is 23.8 Å². The lowest BCUT2D eigenvalue weighted by atomic mass is 9.78. The topological polar surface area (TPSA) is 220 Å². The SMILES string of the molecule is CO[C@H]1/C=C/O[C@]2(C)Oc3c(C)c(O)c4c(O)c(c(/C=N/N5CCN(C6CCCC6)CC5)c(O)c4c3C2=O)NC(=O)/C(C)=C\C=C\[C@@H](C)[C@H](O)[C@H](C)[C@@H](O)[C@@H](C)[C@H](OC(C)=O)[C@@H]1C. The molecule has 7 rings (SSSR count). The number of benzene rings is 2. The number of aromatic hydroxyl groups is 3. The van der Waals surface area contributed by atoms with E-state index in [0.717, 1.165) is 13.1 Å². The van der Waals surface area contributed by atoms with Gasteiger partial charge in [0.25, 0.3) is 11.7 Å². The molecular weight excluding hydrogens is 813 g/mol. The maximum absolute atomic E-state index is 14.5. The van der Waals surface area contributed by atoms with Crippen molar-refractivity contribution in [2.75, 3.05) is 38.6 Å². The molecular formula is C47H64N4O12. The molecule has 1 amide bonds. The number of aliphatic hydroxyl groups is 2. The van der Waals surface area contributed by atoms with Crippen LogP contribution < -0.4 is 10.1 Å². The van der Waals surface area contributed by atoms with Crippen LogP contribution in [0.3, 0.4) is 0 Å². The van der Waals surface area contributed by atoms with Gasteiger partial charge < -0.3 is 49.8 Å². The Kier molecular flexibility index (Phi) is 14.5. The number of rotatable bonds is 5. The Hall–Kier alpha value is -5.16. The number of fused-ring (bicyclic) bond motifs is 14. The molecule has 5 aliphatic rings. The molecule has 2 aromatic carbocycles. The second-order valence-corrected chi connectivity index (χ2v) is 17.8. The minimum atomic E-state index is -2.04. The third kappa shape index (κ3) is 9.40.